The van der Waals surface area contributed by atoms with Crippen LogP contribution >= 0.6 is 0 Å². The third-order valence-corrected chi connectivity index (χ3v) is 3.46. The van der Waals surface area contributed by atoms with Crippen molar-refractivity contribution in [3.05, 3.63) is 75.7 Å². The van der Waals surface area contributed by atoms with Crippen LogP contribution in [-0.2, 0) is 4.74 Å². The number of ketones is 1. The lowest BCUT2D eigenvalue weighted by atomic mass is 10.0. The average molecular weight is 322 g/mol. The summed E-state index contributed by atoms with van der Waals surface area (Å²) < 4.78 is 4.82. The maximum Gasteiger partial charge on any atom is 0.362 e. The smallest absolute Gasteiger partial charge is 0.362 e. The fourth-order valence-electron chi connectivity index (χ4n) is 2.32. The van der Waals surface area contributed by atoms with Gasteiger partial charge in [-0.1, -0.05) is 30.3 Å². The van der Waals surface area contributed by atoms with Crippen LogP contribution in [-0.4, -0.2) is 28.3 Å². The molecule has 6 nitrogen and oxygen atoms in total. The first-order chi connectivity index (χ1) is 11.6. The molecule has 0 bridgehead atoms. The largest absolute Gasteiger partial charge is 0.461 e. The van der Waals surface area contributed by atoms with Crippen molar-refractivity contribution in [1.29, 1.82) is 0 Å². The molecular weight excluding hydrogens is 308 g/mol. The molecule has 0 atom stereocenters. The van der Waals surface area contributed by atoms with E-state index in [0.29, 0.717) is 22.2 Å². The predicted molar refractivity (Wildman–Crippen MR) is 88.2 cm³/mol. The standard InChI is InChI=1S/C18H14N2O4/c1-2-24-18(23)15-17(22)20-13-9-8-12(10-14(13)19-15)16(21)11-6-4-3-5-7-11/h3-10H,2H2,1H3,(H,20,22). The number of aromatic amines is 1. The molecule has 6 heteroatoms. The Morgan fingerprint density at radius 3 is 2.54 bits per heavy atom. The molecule has 1 N–H and O–H groups in total. The maximum absolute atomic E-state index is 12.5. The summed E-state index contributed by atoms with van der Waals surface area (Å²) in [6.07, 6.45) is 0. The van der Waals surface area contributed by atoms with Gasteiger partial charge in [0.25, 0.3) is 5.56 Å². The molecule has 0 saturated carbocycles. The van der Waals surface area contributed by atoms with Gasteiger partial charge in [-0.25, -0.2) is 9.78 Å². The van der Waals surface area contributed by atoms with E-state index in [9.17, 15) is 14.4 Å². The fraction of sp³-hybridized carbons (Fsp3) is 0.111. The molecule has 0 fully saturated rings. The number of nitrogens with one attached hydrogen (secondary N) is 1. The normalized spacial score (nSPS) is 10.5. The quantitative estimate of drug-likeness (QED) is 0.588. The lowest BCUT2D eigenvalue weighted by Gasteiger charge is -2.05. The van der Waals surface area contributed by atoms with Crippen LogP contribution in [0.3, 0.4) is 0 Å². The SMILES string of the molecule is CCOC(=O)c1nc2cc(C(=O)c3ccccc3)ccc2[nH]c1=O. The monoisotopic (exact) mass is 322 g/mol. The second-order valence-corrected chi connectivity index (χ2v) is 5.06. The van der Waals surface area contributed by atoms with Gasteiger partial charge in [-0.3, -0.25) is 9.59 Å². The second-order valence-electron chi connectivity index (χ2n) is 5.06. The molecule has 3 aromatic rings. The highest BCUT2D eigenvalue weighted by Crippen LogP contribution is 2.15. The van der Waals surface area contributed by atoms with Crippen molar-refractivity contribution < 1.29 is 14.3 Å². The molecule has 1 aromatic heterocycles. The first-order valence-electron chi connectivity index (χ1n) is 7.41. The molecule has 0 radical (unpaired) electrons. The van der Waals surface area contributed by atoms with Gasteiger partial charge in [-0.2, -0.15) is 0 Å². The summed E-state index contributed by atoms with van der Waals surface area (Å²) in [5.74, 6) is -0.955. The van der Waals surface area contributed by atoms with Crippen LogP contribution in [0.25, 0.3) is 11.0 Å². The van der Waals surface area contributed by atoms with E-state index in [4.69, 9.17) is 4.74 Å². The molecule has 0 amide bonds. The topological polar surface area (TPSA) is 89.1 Å². The number of hydrogen-bond donors (Lipinski definition) is 1. The number of ether oxygens (including phenoxy) is 1. The Labute approximate surface area is 137 Å². The van der Waals surface area contributed by atoms with Crippen LogP contribution < -0.4 is 5.56 Å². The minimum Gasteiger partial charge on any atom is -0.461 e. The summed E-state index contributed by atoms with van der Waals surface area (Å²) in [7, 11) is 0. The van der Waals surface area contributed by atoms with Crippen molar-refractivity contribution in [1.82, 2.24) is 9.97 Å². The van der Waals surface area contributed by atoms with E-state index in [2.05, 4.69) is 9.97 Å². The summed E-state index contributed by atoms with van der Waals surface area (Å²) >= 11 is 0. The predicted octanol–water partition coefficient (Wildman–Crippen LogP) is 2.33. The Balaban J connectivity index is 2.07. The molecule has 120 valence electrons. The molecule has 0 aliphatic heterocycles. The van der Waals surface area contributed by atoms with Gasteiger partial charge >= 0.3 is 5.97 Å². The number of hydrogen-bond acceptors (Lipinski definition) is 5. The minimum absolute atomic E-state index is 0.143. The first kappa shape index (κ1) is 15.6. The second kappa shape index (κ2) is 6.45. The number of aromatic nitrogens is 2. The van der Waals surface area contributed by atoms with Gasteiger partial charge in [0.15, 0.2) is 5.78 Å². The molecule has 24 heavy (non-hydrogen) atoms. The highest BCUT2D eigenvalue weighted by Gasteiger charge is 2.16. The Hall–Kier alpha value is -3.28. The Morgan fingerprint density at radius 1 is 1.08 bits per heavy atom. The van der Waals surface area contributed by atoms with E-state index in [-0.39, 0.29) is 18.1 Å². The van der Waals surface area contributed by atoms with E-state index in [1.165, 1.54) is 0 Å². The van der Waals surface area contributed by atoms with Crippen LogP contribution in [0.15, 0.2) is 53.3 Å². The van der Waals surface area contributed by atoms with Gasteiger partial charge < -0.3 is 9.72 Å². The molecule has 0 aliphatic carbocycles. The van der Waals surface area contributed by atoms with Gasteiger partial charge in [-0.05, 0) is 25.1 Å². The number of nitrogens with zero attached hydrogens (tertiary/aromatic N) is 1. The number of H-pyrrole nitrogens is 1. The molecule has 3 rings (SSSR count). The molecule has 0 saturated heterocycles. The van der Waals surface area contributed by atoms with Crippen LogP contribution in [0.2, 0.25) is 0 Å². The molecule has 1 heterocycles. The number of carbonyl (C=O) groups is 2. The maximum atomic E-state index is 12.5. The molecule has 0 aliphatic rings. The van der Waals surface area contributed by atoms with E-state index in [1.54, 1.807) is 49.4 Å². The summed E-state index contributed by atoms with van der Waals surface area (Å²) in [4.78, 5) is 42.8. The van der Waals surface area contributed by atoms with Gasteiger partial charge in [0.2, 0.25) is 5.69 Å². The Kier molecular flexibility index (Phi) is 4.20. The van der Waals surface area contributed by atoms with Gasteiger partial charge in [0, 0.05) is 11.1 Å². The number of benzene rings is 2. The van der Waals surface area contributed by atoms with Crippen molar-refractivity contribution in [2.45, 2.75) is 6.92 Å². The van der Waals surface area contributed by atoms with E-state index in [1.807, 2.05) is 6.07 Å². The van der Waals surface area contributed by atoms with Crippen molar-refractivity contribution >= 4 is 22.8 Å². The molecular formula is C18H14N2O4. The van der Waals surface area contributed by atoms with E-state index in [0.717, 1.165) is 0 Å². The van der Waals surface area contributed by atoms with Gasteiger partial charge in [0.1, 0.15) is 0 Å². The lowest BCUT2D eigenvalue weighted by molar-refractivity contribution is 0.0517. The summed E-state index contributed by atoms with van der Waals surface area (Å²) in [6, 6.07) is 13.6. The van der Waals surface area contributed by atoms with Crippen molar-refractivity contribution in [2.75, 3.05) is 6.61 Å². The van der Waals surface area contributed by atoms with Crippen molar-refractivity contribution in [3.63, 3.8) is 0 Å². The lowest BCUT2D eigenvalue weighted by Crippen LogP contribution is -2.22. The van der Waals surface area contributed by atoms with Crippen molar-refractivity contribution in [2.24, 2.45) is 0 Å². The first-order valence-corrected chi connectivity index (χ1v) is 7.41. The third-order valence-electron chi connectivity index (χ3n) is 3.46. The summed E-state index contributed by atoms with van der Waals surface area (Å²) in [5.41, 5.74) is 0.809. The zero-order valence-electron chi connectivity index (χ0n) is 12.9. The highest BCUT2D eigenvalue weighted by molar-refractivity contribution is 6.10. The summed E-state index contributed by atoms with van der Waals surface area (Å²) in [6.45, 7) is 1.79. The number of fused-ring (bicyclic) bond motifs is 1. The highest BCUT2D eigenvalue weighted by atomic mass is 16.5. The van der Waals surface area contributed by atoms with Crippen LogP contribution in [0, 0.1) is 0 Å². The zero-order chi connectivity index (χ0) is 17.1. The van der Waals surface area contributed by atoms with Crippen LogP contribution in [0.4, 0.5) is 0 Å². The Morgan fingerprint density at radius 2 is 1.83 bits per heavy atom. The van der Waals surface area contributed by atoms with Crippen molar-refractivity contribution in [3.8, 4) is 0 Å². The molecule has 0 unspecified atom stereocenters. The van der Waals surface area contributed by atoms with Gasteiger partial charge in [0.05, 0.1) is 17.6 Å². The molecule has 2 aromatic carbocycles. The summed E-state index contributed by atoms with van der Waals surface area (Å²) in [5, 5.41) is 0. The Bertz CT molecular complexity index is 977. The van der Waals surface area contributed by atoms with E-state index >= 15 is 0 Å². The van der Waals surface area contributed by atoms with Crippen LogP contribution in [0.1, 0.15) is 33.3 Å². The average Bonchev–Trinajstić information content (AvgIpc) is 2.61. The number of carbonyl (C=O) groups excluding carboxylic acids is 2. The molecule has 0 spiro atoms. The minimum atomic E-state index is -0.791. The number of esters is 1. The fourth-order valence-corrected chi connectivity index (χ4v) is 2.32. The number of rotatable bonds is 4. The van der Waals surface area contributed by atoms with Gasteiger partial charge in [-0.15, -0.1) is 0 Å². The van der Waals surface area contributed by atoms with E-state index < -0.39 is 11.5 Å². The zero-order valence-corrected chi connectivity index (χ0v) is 12.9. The van der Waals surface area contributed by atoms with Crippen LogP contribution in [0.5, 0.6) is 0 Å². The third kappa shape index (κ3) is 2.94.